The first-order chi connectivity index (χ1) is 18.0. The van der Waals surface area contributed by atoms with E-state index in [9.17, 15) is 4.79 Å². The summed E-state index contributed by atoms with van der Waals surface area (Å²) in [5.41, 5.74) is 0. The van der Waals surface area contributed by atoms with Crippen LogP contribution in [0.25, 0.3) is 0 Å². The maximum absolute atomic E-state index is 10.6. The van der Waals surface area contributed by atoms with Gasteiger partial charge in [-0.1, -0.05) is 69.2 Å². The number of rotatable bonds is 13. The highest BCUT2D eigenvalue weighted by Crippen LogP contribution is 2.11. The maximum Gasteiger partial charge on any atom is 0.306 e. The molecule has 0 aliphatic carbocycles. The molecule has 0 aromatic rings. The van der Waals surface area contributed by atoms with Crippen LogP contribution in [0.4, 0.5) is 0 Å². The van der Waals surface area contributed by atoms with Crippen molar-refractivity contribution in [2.75, 3.05) is 59.6 Å². The number of likely N-dealkylation sites (tertiary alicyclic amines) is 2. The number of carbonyl (C=O) groups is 1. The lowest BCUT2D eigenvalue weighted by Crippen LogP contribution is -2.30. The summed E-state index contributed by atoms with van der Waals surface area (Å²) in [6.07, 6.45) is 13.1. The first-order valence-corrected chi connectivity index (χ1v) is 16.1. The van der Waals surface area contributed by atoms with Crippen molar-refractivity contribution in [1.29, 1.82) is 0 Å². The molecule has 0 amide bonds. The number of esters is 1. The SMILES string of the molecule is C.CC(C)CCCN1CCCCC1.CC(C)CCN1CCCC1.CCOC(=O)CC(C)C.COCCC(C)C. The minimum Gasteiger partial charge on any atom is -0.466 e. The molecule has 2 aliphatic rings. The fraction of sp³-hybridized carbons (Fsp3) is 0.971. The first kappa shape index (κ1) is 42.8. The van der Waals surface area contributed by atoms with Crippen molar-refractivity contribution in [2.45, 2.75) is 134 Å². The second kappa shape index (κ2) is 30.3. The van der Waals surface area contributed by atoms with E-state index in [2.05, 4.69) is 51.3 Å². The number of nitrogens with zero attached hydrogens (tertiary/aromatic N) is 2. The molecule has 238 valence electrons. The number of hydrogen-bond donors (Lipinski definition) is 0. The fourth-order valence-electron chi connectivity index (χ4n) is 4.26. The molecule has 2 saturated heterocycles. The summed E-state index contributed by atoms with van der Waals surface area (Å²) < 4.78 is 9.57. The number of piperidine rings is 1. The summed E-state index contributed by atoms with van der Waals surface area (Å²) in [4.78, 5) is 15.8. The molecule has 2 aliphatic heterocycles. The highest BCUT2D eigenvalue weighted by Gasteiger charge is 2.11. The zero-order valence-electron chi connectivity index (χ0n) is 27.7. The summed E-state index contributed by atoms with van der Waals surface area (Å²) in [5, 5.41) is 0. The number of methoxy groups -OCH3 is 1. The quantitative estimate of drug-likeness (QED) is 0.211. The Kier molecular flexibility index (Phi) is 33.3. The Hall–Kier alpha value is -0.650. The molecule has 0 aromatic carbocycles. The third-order valence-electron chi connectivity index (χ3n) is 6.71. The maximum atomic E-state index is 10.6. The highest BCUT2D eigenvalue weighted by atomic mass is 16.5. The van der Waals surface area contributed by atoms with Crippen LogP contribution in [0.15, 0.2) is 0 Å². The Morgan fingerprint density at radius 3 is 1.51 bits per heavy atom. The third-order valence-corrected chi connectivity index (χ3v) is 6.71. The van der Waals surface area contributed by atoms with Crippen LogP contribution in [0.3, 0.4) is 0 Å². The van der Waals surface area contributed by atoms with E-state index in [0.717, 1.165) is 24.4 Å². The van der Waals surface area contributed by atoms with Gasteiger partial charge in [-0.05, 0) is 121 Å². The highest BCUT2D eigenvalue weighted by molar-refractivity contribution is 5.69. The predicted octanol–water partition coefficient (Wildman–Crippen LogP) is 8.95. The van der Waals surface area contributed by atoms with E-state index in [-0.39, 0.29) is 13.4 Å². The first-order valence-electron chi connectivity index (χ1n) is 16.1. The fourth-order valence-corrected chi connectivity index (χ4v) is 4.26. The van der Waals surface area contributed by atoms with Crippen LogP contribution in [0.1, 0.15) is 134 Å². The van der Waals surface area contributed by atoms with Crippen molar-refractivity contribution in [3.63, 3.8) is 0 Å². The van der Waals surface area contributed by atoms with Gasteiger partial charge >= 0.3 is 5.97 Å². The van der Waals surface area contributed by atoms with E-state index in [1.165, 1.54) is 97.1 Å². The number of hydrogen-bond acceptors (Lipinski definition) is 5. The van der Waals surface area contributed by atoms with Gasteiger partial charge in [0, 0.05) is 20.1 Å². The molecule has 0 aromatic heterocycles. The molecule has 0 saturated carbocycles. The molecule has 5 nitrogen and oxygen atoms in total. The summed E-state index contributed by atoms with van der Waals surface area (Å²) in [7, 11) is 1.74. The van der Waals surface area contributed by atoms with E-state index < -0.39 is 0 Å². The van der Waals surface area contributed by atoms with Crippen LogP contribution >= 0.6 is 0 Å². The average Bonchev–Trinajstić information content (AvgIpc) is 3.37. The lowest BCUT2D eigenvalue weighted by Gasteiger charge is -2.26. The lowest BCUT2D eigenvalue weighted by molar-refractivity contribution is -0.143. The molecule has 39 heavy (non-hydrogen) atoms. The second-order valence-electron chi connectivity index (χ2n) is 12.7. The van der Waals surface area contributed by atoms with Crippen LogP contribution in [0.5, 0.6) is 0 Å². The lowest BCUT2D eigenvalue weighted by atomic mass is 10.1. The molecule has 2 heterocycles. The average molecular weight is 559 g/mol. The normalized spacial score (nSPS) is 15.6. The van der Waals surface area contributed by atoms with Crippen LogP contribution in [0, 0.1) is 23.7 Å². The third kappa shape index (κ3) is 35.3. The van der Waals surface area contributed by atoms with E-state index in [1.807, 2.05) is 20.8 Å². The summed E-state index contributed by atoms with van der Waals surface area (Å²) >= 11 is 0. The standard InChI is InChI=1S/C11H23N.C9H19N.C7H14O2.C6H14O.CH4/c1-11(2)7-6-10-12-8-4-3-5-9-12;1-9(2)5-8-10-6-3-4-7-10;1-4-9-7(8)5-6(2)3;1-6(2)4-5-7-3;/h11H,3-10H2,1-2H3;9H,3-8H2,1-2H3;6H,4-5H2,1-3H3;6H,4-5H2,1-3H3;1H4. The largest absolute Gasteiger partial charge is 0.466 e. The van der Waals surface area contributed by atoms with Crippen molar-refractivity contribution in [1.82, 2.24) is 9.80 Å². The Bertz CT molecular complexity index is 483. The van der Waals surface area contributed by atoms with Gasteiger partial charge in [0.25, 0.3) is 0 Å². The van der Waals surface area contributed by atoms with Crippen molar-refractivity contribution < 1.29 is 14.3 Å². The Morgan fingerprint density at radius 1 is 0.667 bits per heavy atom. The Labute approximate surface area is 247 Å². The molecule has 0 radical (unpaired) electrons. The van der Waals surface area contributed by atoms with E-state index in [0.29, 0.717) is 18.9 Å². The Morgan fingerprint density at radius 2 is 1.13 bits per heavy atom. The van der Waals surface area contributed by atoms with E-state index in [1.54, 1.807) is 7.11 Å². The molecule has 2 fully saturated rings. The molecule has 5 heteroatoms. The molecule has 0 atom stereocenters. The molecule has 0 unspecified atom stereocenters. The van der Waals surface area contributed by atoms with Gasteiger partial charge in [-0.2, -0.15) is 0 Å². The smallest absolute Gasteiger partial charge is 0.306 e. The number of carbonyl (C=O) groups excluding carboxylic acids is 1. The second-order valence-corrected chi connectivity index (χ2v) is 12.7. The van der Waals surface area contributed by atoms with Gasteiger partial charge in [0.15, 0.2) is 0 Å². The Balaban J connectivity index is -0.000000448. The molecular formula is C34H74N2O3. The molecule has 2 rings (SSSR count). The van der Waals surface area contributed by atoms with Gasteiger partial charge in [-0.3, -0.25) is 4.79 Å². The molecular weight excluding hydrogens is 484 g/mol. The van der Waals surface area contributed by atoms with Gasteiger partial charge in [-0.15, -0.1) is 0 Å². The molecule has 0 bridgehead atoms. The predicted molar refractivity (Wildman–Crippen MR) is 174 cm³/mol. The van der Waals surface area contributed by atoms with Gasteiger partial charge in [0.05, 0.1) is 6.61 Å². The zero-order chi connectivity index (χ0) is 29.2. The van der Waals surface area contributed by atoms with Crippen LogP contribution in [-0.4, -0.2) is 75.4 Å². The summed E-state index contributed by atoms with van der Waals surface area (Å²) in [5.74, 6) is 2.85. The van der Waals surface area contributed by atoms with Crippen molar-refractivity contribution >= 4 is 5.97 Å². The van der Waals surface area contributed by atoms with Gasteiger partial charge in [0.2, 0.25) is 0 Å². The van der Waals surface area contributed by atoms with Crippen molar-refractivity contribution in [3.05, 3.63) is 0 Å². The van der Waals surface area contributed by atoms with Gasteiger partial charge in [-0.25, -0.2) is 0 Å². The molecule has 0 spiro atoms. The zero-order valence-corrected chi connectivity index (χ0v) is 27.7. The topological polar surface area (TPSA) is 42.0 Å². The van der Waals surface area contributed by atoms with Gasteiger partial charge in [0.1, 0.15) is 0 Å². The monoisotopic (exact) mass is 559 g/mol. The number of ether oxygens (including phenoxy) is 2. The van der Waals surface area contributed by atoms with Crippen molar-refractivity contribution in [2.24, 2.45) is 23.7 Å². The van der Waals surface area contributed by atoms with Crippen LogP contribution in [0.2, 0.25) is 0 Å². The summed E-state index contributed by atoms with van der Waals surface area (Å²) in [6.45, 7) is 28.9. The minimum atomic E-state index is -0.0903. The van der Waals surface area contributed by atoms with Crippen LogP contribution < -0.4 is 0 Å². The van der Waals surface area contributed by atoms with E-state index >= 15 is 0 Å². The van der Waals surface area contributed by atoms with Crippen LogP contribution in [-0.2, 0) is 14.3 Å². The van der Waals surface area contributed by atoms with Crippen molar-refractivity contribution in [3.8, 4) is 0 Å². The minimum absolute atomic E-state index is 0. The van der Waals surface area contributed by atoms with E-state index in [4.69, 9.17) is 9.47 Å². The van der Waals surface area contributed by atoms with Gasteiger partial charge < -0.3 is 19.3 Å². The summed E-state index contributed by atoms with van der Waals surface area (Å²) in [6, 6.07) is 0. The molecule has 0 N–H and O–H groups in total.